The third-order valence-electron chi connectivity index (χ3n) is 7.14. The topological polar surface area (TPSA) is 107 Å². The van der Waals surface area contributed by atoms with Gasteiger partial charge in [0.15, 0.2) is 18.9 Å². The fraction of sp³-hybridized carbons (Fsp3) is 0.417. The highest BCUT2D eigenvalue weighted by atomic mass is 16.9. The summed E-state index contributed by atoms with van der Waals surface area (Å²) in [6, 6.07) is 26.8. The molecule has 240 valence electrons. The van der Waals surface area contributed by atoms with Crippen LogP contribution < -0.4 is 0 Å². The summed E-state index contributed by atoms with van der Waals surface area (Å²) in [4.78, 5) is 36.5. The van der Waals surface area contributed by atoms with E-state index in [1.54, 1.807) is 72.8 Å². The van der Waals surface area contributed by atoms with Crippen LogP contribution in [0.5, 0.6) is 0 Å². The zero-order valence-electron chi connectivity index (χ0n) is 25.6. The molecule has 0 radical (unpaired) electrons. The lowest BCUT2D eigenvalue weighted by Crippen LogP contribution is -2.40. The van der Waals surface area contributed by atoms with E-state index in [0.29, 0.717) is 75.0 Å². The Morgan fingerprint density at radius 1 is 0.422 bits per heavy atom. The van der Waals surface area contributed by atoms with Crippen LogP contribution in [0, 0.1) is 0 Å². The van der Waals surface area contributed by atoms with Gasteiger partial charge in [-0.1, -0.05) is 54.6 Å². The largest absolute Gasteiger partial charge is 0.462 e. The van der Waals surface area contributed by atoms with Gasteiger partial charge >= 0.3 is 17.9 Å². The van der Waals surface area contributed by atoms with E-state index < -0.39 is 18.9 Å². The van der Waals surface area contributed by atoms with Gasteiger partial charge in [0.1, 0.15) is 0 Å². The molecule has 0 amide bonds. The summed E-state index contributed by atoms with van der Waals surface area (Å²) in [5, 5.41) is 0. The number of esters is 3. The molecule has 0 aliphatic carbocycles. The van der Waals surface area contributed by atoms with Gasteiger partial charge < -0.3 is 28.4 Å². The summed E-state index contributed by atoms with van der Waals surface area (Å²) in [6.07, 6.45) is 4.80. The van der Waals surface area contributed by atoms with Crippen molar-refractivity contribution in [2.45, 2.75) is 76.7 Å². The predicted molar refractivity (Wildman–Crippen MR) is 166 cm³/mol. The molecule has 3 aromatic carbocycles. The van der Waals surface area contributed by atoms with Crippen molar-refractivity contribution in [2.75, 3.05) is 19.8 Å². The maximum Gasteiger partial charge on any atom is 0.338 e. The van der Waals surface area contributed by atoms with Crippen LogP contribution >= 0.6 is 0 Å². The molecule has 9 heteroatoms. The Morgan fingerprint density at radius 3 is 0.956 bits per heavy atom. The molecule has 0 saturated carbocycles. The Hall–Kier alpha value is -4.05. The number of carbonyl (C=O) groups is 3. The van der Waals surface area contributed by atoms with Crippen molar-refractivity contribution in [1.29, 1.82) is 0 Å². The Morgan fingerprint density at radius 2 is 0.689 bits per heavy atom. The summed E-state index contributed by atoms with van der Waals surface area (Å²) in [6.45, 7) is 0.938. The van der Waals surface area contributed by atoms with Crippen molar-refractivity contribution in [3.05, 3.63) is 108 Å². The molecule has 9 nitrogen and oxygen atoms in total. The van der Waals surface area contributed by atoms with Crippen LogP contribution in [0.1, 0.15) is 88.9 Å². The lowest BCUT2D eigenvalue weighted by atomic mass is 10.2. The van der Waals surface area contributed by atoms with Gasteiger partial charge in [0.2, 0.25) is 0 Å². The highest BCUT2D eigenvalue weighted by Gasteiger charge is 2.30. The lowest BCUT2D eigenvalue weighted by molar-refractivity contribution is -0.386. The molecule has 1 saturated heterocycles. The molecule has 3 aromatic rings. The van der Waals surface area contributed by atoms with Gasteiger partial charge in [-0.25, -0.2) is 14.4 Å². The molecular formula is C36H42O9. The first kappa shape index (κ1) is 33.8. The number of benzene rings is 3. The van der Waals surface area contributed by atoms with E-state index in [2.05, 4.69) is 0 Å². The van der Waals surface area contributed by atoms with Crippen molar-refractivity contribution < 1.29 is 42.8 Å². The summed E-state index contributed by atoms with van der Waals surface area (Å²) in [7, 11) is 0. The fourth-order valence-corrected chi connectivity index (χ4v) is 4.72. The van der Waals surface area contributed by atoms with Crippen molar-refractivity contribution in [2.24, 2.45) is 0 Å². The van der Waals surface area contributed by atoms with Gasteiger partial charge in [-0.15, -0.1) is 0 Å². The SMILES string of the molecule is O=C(OCCCCC1OC(CCCCOC(=O)c2ccccc2)OC(CCCCOC(=O)c2ccccc2)O1)c1ccccc1. The monoisotopic (exact) mass is 618 g/mol. The molecule has 0 atom stereocenters. The molecule has 1 fully saturated rings. The molecule has 1 aliphatic rings. The minimum atomic E-state index is -0.453. The average Bonchev–Trinajstić information content (AvgIpc) is 3.08. The van der Waals surface area contributed by atoms with Crippen molar-refractivity contribution in [3.63, 3.8) is 0 Å². The summed E-state index contributed by atoms with van der Waals surface area (Å²) in [5.74, 6) is -1.01. The van der Waals surface area contributed by atoms with Crippen LogP contribution in [0.3, 0.4) is 0 Å². The van der Waals surface area contributed by atoms with Crippen molar-refractivity contribution in [1.82, 2.24) is 0 Å². The quantitative estimate of drug-likeness (QED) is 0.0837. The summed E-state index contributed by atoms with van der Waals surface area (Å²) < 4.78 is 34.4. The van der Waals surface area contributed by atoms with E-state index in [0.717, 1.165) is 19.3 Å². The second kappa shape index (κ2) is 19.4. The lowest BCUT2D eigenvalue weighted by Gasteiger charge is -2.36. The number of hydrogen-bond donors (Lipinski definition) is 0. The highest BCUT2D eigenvalue weighted by molar-refractivity contribution is 5.90. The molecule has 0 bridgehead atoms. The summed E-state index contributed by atoms with van der Waals surface area (Å²) in [5.41, 5.74) is 1.59. The third kappa shape index (κ3) is 12.5. The van der Waals surface area contributed by atoms with E-state index in [-0.39, 0.29) is 17.9 Å². The van der Waals surface area contributed by atoms with E-state index >= 15 is 0 Å². The minimum absolute atomic E-state index is 0.313. The zero-order valence-corrected chi connectivity index (χ0v) is 25.6. The van der Waals surface area contributed by atoms with Crippen LogP contribution in [-0.2, 0) is 28.4 Å². The minimum Gasteiger partial charge on any atom is -0.462 e. The van der Waals surface area contributed by atoms with Gasteiger partial charge in [-0.2, -0.15) is 0 Å². The number of unbranched alkanes of at least 4 members (excludes halogenated alkanes) is 3. The van der Waals surface area contributed by atoms with Crippen LogP contribution in [0.2, 0.25) is 0 Å². The third-order valence-corrected chi connectivity index (χ3v) is 7.14. The maximum atomic E-state index is 12.2. The van der Waals surface area contributed by atoms with Crippen LogP contribution in [0.15, 0.2) is 91.0 Å². The smallest absolute Gasteiger partial charge is 0.338 e. The predicted octanol–water partition coefficient (Wildman–Crippen LogP) is 7.11. The molecule has 0 spiro atoms. The van der Waals surface area contributed by atoms with Gasteiger partial charge in [-0.3, -0.25) is 0 Å². The molecule has 1 aliphatic heterocycles. The van der Waals surface area contributed by atoms with E-state index in [4.69, 9.17) is 28.4 Å². The molecule has 0 N–H and O–H groups in total. The Kier molecular flexibility index (Phi) is 14.6. The van der Waals surface area contributed by atoms with Gasteiger partial charge in [0.25, 0.3) is 0 Å². The Balaban J connectivity index is 1.16. The van der Waals surface area contributed by atoms with Crippen LogP contribution in [0.4, 0.5) is 0 Å². The van der Waals surface area contributed by atoms with E-state index in [9.17, 15) is 14.4 Å². The molecule has 0 unspecified atom stereocenters. The van der Waals surface area contributed by atoms with Crippen LogP contribution in [0.25, 0.3) is 0 Å². The first-order valence-corrected chi connectivity index (χ1v) is 15.7. The van der Waals surface area contributed by atoms with Gasteiger partial charge in [0, 0.05) is 0 Å². The standard InChI is InChI=1S/C36H42O9/c37-34(28-16-4-1-5-17-28)40-25-13-10-22-31-43-32(23-11-14-26-41-35(38)29-18-6-2-7-19-29)45-33(44-31)24-12-15-27-42-36(39)30-20-8-3-9-21-30/h1-9,16-21,31-33H,10-15,22-27H2. The molecule has 4 rings (SSSR count). The molecule has 0 aromatic heterocycles. The zero-order chi connectivity index (χ0) is 31.5. The van der Waals surface area contributed by atoms with E-state index in [1.807, 2.05) is 18.2 Å². The molecule has 45 heavy (non-hydrogen) atoms. The number of rotatable bonds is 18. The van der Waals surface area contributed by atoms with Crippen LogP contribution in [-0.4, -0.2) is 56.6 Å². The number of hydrogen-bond acceptors (Lipinski definition) is 9. The van der Waals surface area contributed by atoms with E-state index in [1.165, 1.54) is 0 Å². The molecular weight excluding hydrogens is 576 g/mol. The van der Waals surface area contributed by atoms with Crippen molar-refractivity contribution >= 4 is 17.9 Å². The van der Waals surface area contributed by atoms with Gasteiger partial charge in [-0.05, 0) is 94.2 Å². The normalized spacial score (nSPS) is 17.7. The van der Waals surface area contributed by atoms with Gasteiger partial charge in [0.05, 0.1) is 36.5 Å². The molecule has 1 heterocycles. The second-order valence-corrected chi connectivity index (χ2v) is 10.7. The average molecular weight is 619 g/mol. The first-order valence-electron chi connectivity index (χ1n) is 15.7. The van der Waals surface area contributed by atoms with Crippen molar-refractivity contribution in [3.8, 4) is 0 Å². The highest BCUT2D eigenvalue weighted by Crippen LogP contribution is 2.26. The Bertz CT molecular complexity index is 1120. The number of ether oxygens (including phenoxy) is 6. The summed E-state index contributed by atoms with van der Waals surface area (Å²) >= 11 is 0. The fourth-order valence-electron chi connectivity index (χ4n) is 4.72. The Labute approximate surface area is 264 Å². The number of carbonyl (C=O) groups excluding carboxylic acids is 3. The first-order chi connectivity index (χ1) is 22.1. The maximum absolute atomic E-state index is 12.2. The second-order valence-electron chi connectivity index (χ2n) is 10.7.